The number of nitrogens with one attached hydrogen (secondary N) is 1. The van der Waals surface area contributed by atoms with Gasteiger partial charge in [0, 0.05) is 16.8 Å². The van der Waals surface area contributed by atoms with Crippen LogP contribution in [0.4, 0.5) is 5.69 Å². The molecule has 4 rings (SSSR count). The van der Waals surface area contributed by atoms with Crippen LogP contribution in [0.3, 0.4) is 0 Å². The van der Waals surface area contributed by atoms with E-state index in [4.69, 9.17) is 20.8 Å². The lowest BCUT2D eigenvalue weighted by Gasteiger charge is -2.11. The van der Waals surface area contributed by atoms with Crippen LogP contribution < -0.4 is 10.1 Å². The summed E-state index contributed by atoms with van der Waals surface area (Å²) in [5.74, 6) is 1.04. The van der Waals surface area contributed by atoms with Crippen LogP contribution in [0.25, 0.3) is 23.0 Å². The third-order valence-electron chi connectivity index (χ3n) is 4.24. The molecule has 1 amide bonds. The number of rotatable bonds is 6. The summed E-state index contributed by atoms with van der Waals surface area (Å²) in [6.45, 7) is 0.0566. The maximum atomic E-state index is 12.6. The smallest absolute Gasteiger partial charge is 0.264 e. The minimum atomic E-state index is -0.245. The van der Waals surface area contributed by atoms with Crippen LogP contribution in [0, 0.1) is 0 Å². The van der Waals surface area contributed by atoms with Crippen LogP contribution in [0.5, 0.6) is 5.75 Å². The summed E-state index contributed by atoms with van der Waals surface area (Å²) in [6, 6.07) is 18.2. The Kier molecular flexibility index (Phi) is 5.31. The van der Waals surface area contributed by atoms with E-state index in [9.17, 15) is 4.79 Å². The van der Waals surface area contributed by atoms with Crippen molar-refractivity contribution in [3.8, 4) is 28.8 Å². The molecule has 0 saturated heterocycles. The number of hydrogen-bond donors (Lipinski definition) is 1. The van der Waals surface area contributed by atoms with Crippen molar-refractivity contribution in [2.75, 3.05) is 12.4 Å². The van der Waals surface area contributed by atoms with Gasteiger partial charge >= 0.3 is 0 Å². The van der Waals surface area contributed by atoms with Crippen LogP contribution in [0.15, 0.2) is 71.3 Å². The number of halogens is 1. The Balaban J connectivity index is 1.52. The molecule has 7 nitrogen and oxygen atoms in total. The number of carbonyl (C=O) groups is 1. The first-order valence-corrected chi connectivity index (χ1v) is 9.19. The number of benzene rings is 2. The molecule has 0 radical (unpaired) electrons. The number of hydrogen-bond acceptors (Lipinski definition) is 5. The van der Waals surface area contributed by atoms with Gasteiger partial charge in [0.15, 0.2) is 0 Å². The summed E-state index contributed by atoms with van der Waals surface area (Å²) in [7, 11) is 1.53. The van der Waals surface area contributed by atoms with Crippen molar-refractivity contribution in [2.24, 2.45) is 0 Å². The minimum absolute atomic E-state index is 0.0566. The molecule has 0 aliphatic carbocycles. The number of ether oxygens (including phenoxy) is 1. The molecule has 2 aromatic carbocycles. The normalized spacial score (nSPS) is 10.7. The maximum Gasteiger partial charge on any atom is 0.264 e. The summed E-state index contributed by atoms with van der Waals surface area (Å²) in [6.07, 6.45) is 1.77. The van der Waals surface area contributed by atoms with E-state index in [0.717, 1.165) is 5.56 Å². The molecular weight excluding hydrogens is 392 g/mol. The minimum Gasteiger partial charge on any atom is -0.495 e. The van der Waals surface area contributed by atoms with Gasteiger partial charge in [-0.05, 0) is 42.5 Å². The van der Waals surface area contributed by atoms with E-state index in [1.165, 1.54) is 7.11 Å². The van der Waals surface area contributed by atoms with Gasteiger partial charge in [0.25, 0.3) is 5.89 Å². The molecule has 1 N–H and O–H groups in total. The summed E-state index contributed by atoms with van der Waals surface area (Å²) in [4.78, 5) is 12.6. The van der Waals surface area contributed by atoms with Gasteiger partial charge in [-0.25, -0.2) is 0 Å². The Labute approximate surface area is 171 Å². The molecule has 0 spiro atoms. The fraction of sp³-hybridized carbons (Fsp3) is 0.0952. The van der Waals surface area contributed by atoms with Crippen LogP contribution in [-0.4, -0.2) is 27.8 Å². The monoisotopic (exact) mass is 408 g/mol. The van der Waals surface area contributed by atoms with E-state index in [1.54, 1.807) is 29.0 Å². The number of aromatic nitrogens is 3. The van der Waals surface area contributed by atoms with Gasteiger partial charge in [-0.1, -0.05) is 29.8 Å². The predicted octanol–water partition coefficient (Wildman–Crippen LogP) is 4.51. The maximum absolute atomic E-state index is 12.6. The number of anilines is 1. The van der Waals surface area contributed by atoms with Crippen molar-refractivity contribution >= 4 is 23.2 Å². The summed E-state index contributed by atoms with van der Waals surface area (Å²) in [5.41, 5.74) is 1.98. The van der Waals surface area contributed by atoms with Crippen LogP contribution in [-0.2, 0) is 11.3 Å². The lowest BCUT2D eigenvalue weighted by molar-refractivity contribution is -0.116. The average molecular weight is 409 g/mol. The number of methoxy groups -OCH3 is 1. The highest BCUT2D eigenvalue weighted by molar-refractivity contribution is 6.31. The number of carbonyl (C=O) groups excluding carboxylic acids is 1. The zero-order chi connectivity index (χ0) is 20.2. The van der Waals surface area contributed by atoms with Crippen molar-refractivity contribution in [2.45, 2.75) is 6.54 Å². The Bertz CT molecular complexity index is 1140. The van der Waals surface area contributed by atoms with E-state index in [2.05, 4.69) is 15.5 Å². The number of nitrogens with zero attached hydrogens (tertiary/aromatic N) is 3. The molecule has 0 atom stereocenters. The summed E-state index contributed by atoms with van der Waals surface area (Å²) in [5, 5.41) is 11.5. The first kappa shape index (κ1) is 18.8. The molecule has 0 aliphatic heterocycles. The molecule has 0 fully saturated rings. The first-order valence-electron chi connectivity index (χ1n) is 8.82. The zero-order valence-corrected chi connectivity index (χ0v) is 16.3. The molecule has 0 unspecified atom stereocenters. The molecule has 0 saturated carbocycles. The van der Waals surface area contributed by atoms with E-state index in [0.29, 0.717) is 33.9 Å². The zero-order valence-electron chi connectivity index (χ0n) is 15.5. The van der Waals surface area contributed by atoms with Gasteiger partial charge in [0.05, 0.1) is 12.8 Å². The van der Waals surface area contributed by atoms with E-state index in [1.807, 2.05) is 42.5 Å². The average Bonchev–Trinajstić information content (AvgIpc) is 3.38. The molecule has 0 aliphatic rings. The Morgan fingerprint density at radius 1 is 1.10 bits per heavy atom. The molecule has 146 valence electrons. The number of amides is 1. The van der Waals surface area contributed by atoms with Crippen molar-refractivity contribution in [3.63, 3.8) is 0 Å². The topological polar surface area (TPSA) is 82.2 Å². The molecule has 8 heteroatoms. The van der Waals surface area contributed by atoms with E-state index in [-0.39, 0.29) is 12.5 Å². The second kappa shape index (κ2) is 8.20. The summed E-state index contributed by atoms with van der Waals surface area (Å²) < 4.78 is 12.8. The highest BCUT2D eigenvalue weighted by Crippen LogP contribution is 2.28. The quantitative estimate of drug-likeness (QED) is 0.507. The Hall–Kier alpha value is -3.58. The lowest BCUT2D eigenvalue weighted by Crippen LogP contribution is -2.19. The second-order valence-corrected chi connectivity index (χ2v) is 6.63. The predicted molar refractivity (Wildman–Crippen MR) is 110 cm³/mol. The Morgan fingerprint density at radius 2 is 1.90 bits per heavy atom. The third-order valence-corrected chi connectivity index (χ3v) is 4.48. The van der Waals surface area contributed by atoms with Crippen molar-refractivity contribution in [1.82, 2.24) is 14.8 Å². The third kappa shape index (κ3) is 4.14. The van der Waals surface area contributed by atoms with Crippen LogP contribution >= 0.6 is 11.6 Å². The van der Waals surface area contributed by atoms with Gasteiger partial charge in [0.2, 0.25) is 11.8 Å². The molecule has 4 aromatic rings. The molecule has 2 heterocycles. The first-order chi connectivity index (χ1) is 14.1. The molecule has 2 aromatic heterocycles. The van der Waals surface area contributed by atoms with Crippen molar-refractivity contribution in [3.05, 3.63) is 71.9 Å². The van der Waals surface area contributed by atoms with Crippen molar-refractivity contribution < 1.29 is 13.9 Å². The van der Waals surface area contributed by atoms with Gasteiger partial charge in [-0.3, -0.25) is 4.79 Å². The molecule has 29 heavy (non-hydrogen) atoms. The standard InChI is InChI=1S/C21H17ClN4O3/c1-28-18-10-9-15(22)12-16(18)23-19(27)13-26-11-5-8-17(26)21-25-24-20(29-21)14-6-3-2-4-7-14/h2-12H,13H2,1H3,(H,23,27). The SMILES string of the molecule is COc1ccc(Cl)cc1NC(=O)Cn1cccc1-c1nnc(-c2ccccc2)o1. The highest BCUT2D eigenvalue weighted by atomic mass is 35.5. The molecule has 0 bridgehead atoms. The van der Waals surface area contributed by atoms with Crippen molar-refractivity contribution in [1.29, 1.82) is 0 Å². The van der Waals surface area contributed by atoms with E-state index >= 15 is 0 Å². The Morgan fingerprint density at radius 3 is 2.69 bits per heavy atom. The second-order valence-electron chi connectivity index (χ2n) is 6.19. The van der Waals surface area contributed by atoms with Gasteiger partial charge in [-0.2, -0.15) is 0 Å². The lowest BCUT2D eigenvalue weighted by atomic mass is 10.2. The van der Waals surface area contributed by atoms with Gasteiger partial charge < -0.3 is 19.0 Å². The molecular formula is C21H17ClN4O3. The van der Waals surface area contributed by atoms with Crippen LogP contribution in [0.2, 0.25) is 5.02 Å². The fourth-order valence-electron chi connectivity index (χ4n) is 2.89. The van der Waals surface area contributed by atoms with Gasteiger partial charge in [0.1, 0.15) is 18.0 Å². The largest absolute Gasteiger partial charge is 0.495 e. The van der Waals surface area contributed by atoms with Crippen LogP contribution in [0.1, 0.15) is 0 Å². The van der Waals surface area contributed by atoms with E-state index < -0.39 is 0 Å². The summed E-state index contributed by atoms with van der Waals surface area (Å²) >= 11 is 6.02. The highest BCUT2D eigenvalue weighted by Gasteiger charge is 2.16. The fourth-order valence-corrected chi connectivity index (χ4v) is 3.06. The van der Waals surface area contributed by atoms with Gasteiger partial charge in [-0.15, -0.1) is 10.2 Å².